The largest absolute Gasteiger partial charge is 0.507 e. The molecular formula is C74H113NO30S. The van der Waals surface area contributed by atoms with E-state index >= 15 is 0 Å². The third-order valence-corrected chi connectivity index (χ3v) is 20.4. The molecule has 3 saturated heterocycles. The molecule has 32 heteroatoms. The molecule has 0 radical (unpaired) electrons. The van der Waals surface area contributed by atoms with Gasteiger partial charge in [-0.1, -0.05) is 99.3 Å². The lowest BCUT2D eigenvalue weighted by Crippen LogP contribution is -2.61. The van der Waals surface area contributed by atoms with Crippen LogP contribution in [0.1, 0.15) is 227 Å². The van der Waals surface area contributed by atoms with Crippen LogP contribution in [0.3, 0.4) is 0 Å². The molecule has 18 unspecified atom stereocenters. The van der Waals surface area contributed by atoms with Crippen LogP contribution < -0.4 is 9.47 Å². The zero-order chi connectivity index (χ0) is 80.3. The van der Waals surface area contributed by atoms with Crippen LogP contribution in [0.5, 0.6) is 28.7 Å². The third-order valence-electron chi connectivity index (χ3n) is 20.0. The van der Waals surface area contributed by atoms with Gasteiger partial charge in [0.05, 0.1) is 71.4 Å². The van der Waals surface area contributed by atoms with Crippen molar-refractivity contribution in [3.05, 3.63) is 51.6 Å². The van der Waals surface area contributed by atoms with Gasteiger partial charge >= 0.3 is 46.2 Å². The van der Waals surface area contributed by atoms with E-state index in [-0.39, 0.29) is 73.2 Å². The number of rotatable bonds is 27. The molecule has 600 valence electrons. The van der Waals surface area contributed by atoms with Crippen molar-refractivity contribution in [2.45, 2.75) is 284 Å². The van der Waals surface area contributed by atoms with Crippen molar-refractivity contribution in [2.75, 3.05) is 27.8 Å². The Morgan fingerprint density at radius 2 is 1.38 bits per heavy atom. The summed E-state index contributed by atoms with van der Waals surface area (Å²) < 4.78 is 92.5. The van der Waals surface area contributed by atoms with E-state index in [1.807, 2.05) is 25.9 Å². The summed E-state index contributed by atoms with van der Waals surface area (Å²) in [5.41, 5.74) is -6.72. The fourth-order valence-corrected chi connectivity index (χ4v) is 14.2. The number of aliphatic carboxylic acids is 1. The Hall–Kier alpha value is -6.79. The Labute approximate surface area is 620 Å². The van der Waals surface area contributed by atoms with E-state index in [0.29, 0.717) is 25.0 Å². The molecule has 0 aromatic heterocycles. The number of Topliss-reactive ketones (excluding diaryl/α,β-unsaturated/α-hetero) is 1. The second-order valence-corrected chi connectivity index (χ2v) is 29.8. The summed E-state index contributed by atoms with van der Waals surface area (Å²) in [6.07, 6.45) is 3.48. The van der Waals surface area contributed by atoms with Gasteiger partial charge in [-0.2, -0.15) is 8.42 Å². The Balaban J connectivity index is 0.000000392. The molecule has 0 bridgehead atoms. The SMILES string of the molecule is CCC(=O)OC1C(OC2C(C)C(OC3CC(C)(OC)C(O)C(C)O3)C(C)C(=O)OC(CC)C(C)(O)C(O)C(C)C(=O)C(C)CC2(C)O)OC(C)CC1N(C)C.CCCCCCCCCCCCOS(=O)(=O)O.Cc1cc(O)c(C=O)c2c1C(=O)Oc1c(COC(=O)C=CC(=O)O)c(O)c(C(=O)O)c(C)c1O2. The lowest BCUT2D eigenvalue weighted by atomic mass is 9.74. The fourth-order valence-electron chi connectivity index (χ4n) is 13.8. The molecule has 106 heavy (non-hydrogen) atoms. The molecule has 2 aromatic carbocycles. The first-order chi connectivity index (χ1) is 49.4. The van der Waals surface area contributed by atoms with Crippen LogP contribution in [-0.4, -0.2) is 219 Å². The molecule has 4 heterocycles. The number of unbranched alkanes of at least 4 members (excludes halogenated alkanes) is 9. The number of carboxylic acids is 2. The zero-order valence-electron chi connectivity index (χ0n) is 63.9. The summed E-state index contributed by atoms with van der Waals surface area (Å²) in [5, 5.41) is 85.5. The summed E-state index contributed by atoms with van der Waals surface area (Å²) >= 11 is 0. The number of hydrogen-bond acceptors (Lipinski definition) is 28. The van der Waals surface area contributed by atoms with Crippen molar-refractivity contribution in [1.29, 1.82) is 0 Å². The van der Waals surface area contributed by atoms with E-state index in [2.05, 4.69) is 11.1 Å². The molecule has 6 rings (SSSR count). The summed E-state index contributed by atoms with van der Waals surface area (Å²) in [4.78, 5) is 102. The van der Waals surface area contributed by atoms with E-state index in [0.717, 1.165) is 18.9 Å². The van der Waals surface area contributed by atoms with Gasteiger partial charge in [-0.05, 0) is 107 Å². The van der Waals surface area contributed by atoms with E-state index < -0.39 is 194 Å². The van der Waals surface area contributed by atoms with Crippen LogP contribution >= 0.6 is 0 Å². The van der Waals surface area contributed by atoms with Crippen molar-refractivity contribution >= 4 is 58.3 Å². The fraction of sp³-hybridized carbons (Fsp3) is 0.703. The van der Waals surface area contributed by atoms with Gasteiger partial charge in [-0.15, -0.1) is 0 Å². The quantitative estimate of drug-likeness (QED) is 0.00767. The summed E-state index contributed by atoms with van der Waals surface area (Å²) in [6.45, 7) is 22.1. The maximum Gasteiger partial charge on any atom is 0.397 e. The highest BCUT2D eigenvalue weighted by Gasteiger charge is 2.54. The minimum atomic E-state index is -4.23. The molecule has 4 aliphatic heterocycles. The van der Waals surface area contributed by atoms with Crippen molar-refractivity contribution in [3.8, 4) is 28.7 Å². The molecule has 0 spiro atoms. The summed E-state index contributed by atoms with van der Waals surface area (Å²) in [5.74, 6) is -13.5. The number of nitrogens with zero attached hydrogens (tertiary/aromatic N) is 1. The summed E-state index contributed by atoms with van der Waals surface area (Å²) in [6, 6.07) is 0.814. The number of aryl methyl sites for hydroxylation is 1. The lowest BCUT2D eigenvalue weighted by Gasteiger charge is -2.49. The first kappa shape index (κ1) is 91.6. The third kappa shape index (κ3) is 24.4. The topological polar surface area (TPSA) is 458 Å². The van der Waals surface area contributed by atoms with E-state index in [1.165, 1.54) is 86.7 Å². The van der Waals surface area contributed by atoms with Gasteiger partial charge < -0.3 is 93.1 Å². The molecule has 0 aliphatic carbocycles. The second kappa shape index (κ2) is 40.6. The lowest BCUT2D eigenvalue weighted by molar-refractivity contribution is -0.319. The Morgan fingerprint density at radius 1 is 0.774 bits per heavy atom. The predicted molar refractivity (Wildman–Crippen MR) is 379 cm³/mol. The van der Waals surface area contributed by atoms with Gasteiger partial charge in [0.2, 0.25) is 0 Å². The second-order valence-electron chi connectivity index (χ2n) is 28.7. The monoisotopic (exact) mass is 1530 g/mol. The van der Waals surface area contributed by atoms with Crippen molar-refractivity contribution in [1.82, 2.24) is 4.90 Å². The van der Waals surface area contributed by atoms with Gasteiger partial charge in [0.25, 0.3) is 0 Å². The van der Waals surface area contributed by atoms with Crippen LogP contribution in [0.2, 0.25) is 0 Å². The molecule has 31 nitrogen and oxygen atoms in total. The minimum Gasteiger partial charge on any atom is -0.507 e. The first-order valence-electron chi connectivity index (χ1n) is 36.0. The number of fused-ring (bicyclic) bond motifs is 2. The number of esters is 4. The average molecular weight is 1530 g/mol. The maximum absolute atomic E-state index is 14.2. The molecule has 18 atom stereocenters. The van der Waals surface area contributed by atoms with Crippen LogP contribution in [-0.2, 0) is 83.1 Å². The number of aromatic hydroxyl groups is 2. The Kier molecular flexibility index (Phi) is 35.1. The number of aliphatic hydroxyl groups excluding tert-OH is 2. The number of aliphatic hydroxyl groups is 4. The summed E-state index contributed by atoms with van der Waals surface area (Å²) in [7, 11) is 0.973. The molecular weight excluding hydrogens is 1410 g/mol. The van der Waals surface area contributed by atoms with Gasteiger partial charge in [0.1, 0.15) is 52.8 Å². The number of likely N-dealkylation sites (N-methyl/N-ethyl adjacent to an activating group) is 1. The van der Waals surface area contributed by atoms with E-state index in [9.17, 15) is 82.5 Å². The van der Waals surface area contributed by atoms with E-state index in [4.69, 9.17) is 57.0 Å². The van der Waals surface area contributed by atoms with E-state index in [1.54, 1.807) is 48.5 Å². The number of ether oxygens (including phenoxy) is 10. The minimum absolute atomic E-state index is 0.0760. The van der Waals surface area contributed by atoms with Gasteiger partial charge in [0.15, 0.2) is 42.2 Å². The molecule has 0 saturated carbocycles. The highest BCUT2D eigenvalue weighted by molar-refractivity contribution is 7.80. The maximum atomic E-state index is 14.2. The van der Waals surface area contributed by atoms with Crippen molar-refractivity contribution in [3.63, 3.8) is 0 Å². The normalized spacial score (nSPS) is 30.1. The van der Waals surface area contributed by atoms with Crippen molar-refractivity contribution < 1.29 is 144 Å². The van der Waals surface area contributed by atoms with Gasteiger partial charge in [-0.3, -0.25) is 23.7 Å². The number of phenolic OH excluding ortho intramolecular Hbond substituents is 1. The zero-order valence-corrected chi connectivity index (χ0v) is 64.8. The highest BCUT2D eigenvalue weighted by atomic mass is 32.3. The number of phenols is 2. The Bertz CT molecular complexity index is 3480. The number of carboxylic acid groups (broad SMARTS) is 2. The number of aldehydes is 1. The number of aromatic carboxylic acids is 1. The van der Waals surface area contributed by atoms with Crippen LogP contribution in [0.25, 0.3) is 0 Å². The molecule has 9 N–H and O–H groups in total. The molecule has 0 amide bonds. The number of methoxy groups -OCH3 is 1. The smallest absolute Gasteiger partial charge is 0.397 e. The predicted octanol–water partition coefficient (Wildman–Crippen LogP) is 8.71. The average Bonchev–Trinajstić information content (AvgIpc) is 1.50. The number of benzene rings is 2. The van der Waals surface area contributed by atoms with Crippen molar-refractivity contribution in [2.24, 2.45) is 23.7 Å². The molecule has 3 fully saturated rings. The van der Waals surface area contributed by atoms with Crippen LogP contribution in [0.4, 0.5) is 0 Å². The van der Waals surface area contributed by atoms with Crippen LogP contribution in [0, 0.1) is 37.5 Å². The number of carbonyl (C=O) groups excluding carboxylic acids is 6. The standard InChI is InChI=1S/C40H71NO14.C22H16O12.C12H26O4S/c1-15-27-40(11,48)33(44)22(5)30(43)20(3)18-38(9,47)35(55-37-32(53-28(42)16-2)26(41(12)13)17-21(4)50-37)23(6)31(24(7)36(46)52-27)54-29-19-39(10,49-14)34(45)25(8)51-29;1-8-5-12(24)10(6-23)19-15(8)22(31)34-20-11(7-32-14(27)4-3-13(25)26)17(28)16(21(29)30)9(2)18(20)33-19;1-2-3-4-5-6-7-8-9-10-11-12-16-17(13,14)15/h20-27,29,31-35,37,44-45,47-48H,15-19H2,1-14H3;3-6,24,28H,7H2,1-2H3,(H,25,26)(H,29,30);2-12H2,1H3,(H,13,14,15). The first-order valence-corrected chi connectivity index (χ1v) is 37.4. The number of hydrogen-bond donors (Lipinski definition) is 9. The van der Waals surface area contributed by atoms with Gasteiger partial charge in [-0.25, -0.2) is 23.4 Å². The van der Waals surface area contributed by atoms with Gasteiger partial charge in [0, 0.05) is 55.4 Å². The number of carbonyl (C=O) groups is 8. The number of cyclic esters (lactones) is 1. The number of ketones is 1. The van der Waals surface area contributed by atoms with Crippen LogP contribution in [0.15, 0.2) is 18.2 Å². The molecule has 4 aliphatic rings. The Morgan fingerprint density at radius 3 is 1.92 bits per heavy atom. The highest BCUT2D eigenvalue weighted by Crippen LogP contribution is 2.51. The molecule has 2 aromatic rings.